The molecule has 0 saturated heterocycles. The van der Waals surface area contributed by atoms with Gasteiger partial charge in [0, 0.05) is 35.5 Å². The van der Waals surface area contributed by atoms with Crippen LogP contribution in [-0.2, 0) is 11.2 Å². The zero-order valence-corrected chi connectivity index (χ0v) is 14.6. The van der Waals surface area contributed by atoms with Crippen LogP contribution < -0.4 is 0 Å². The molecule has 1 aromatic heterocycles. The summed E-state index contributed by atoms with van der Waals surface area (Å²) < 4.78 is 0. The quantitative estimate of drug-likeness (QED) is 0.722. The van der Waals surface area contributed by atoms with Crippen molar-refractivity contribution in [3.63, 3.8) is 0 Å². The number of halogens is 1. The van der Waals surface area contributed by atoms with Crippen molar-refractivity contribution >= 4 is 34.1 Å². The summed E-state index contributed by atoms with van der Waals surface area (Å²) in [6, 6.07) is 12.7. The van der Waals surface area contributed by atoms with Crippen molar-refractivity contribution in [2.24, 2.45) is 5.92 Å². The maximum Gasteiger partial charge on any atom is 0.335 e. The van der Waals surface area contributed by atoms with Gasteiger partial charge in [-0.2, -0.15) is 0 Å². The van der Waals surface area contributed by atoms with Gasteiger partial charge in [0.2, 0.25) is 0 Å². The zero-order valence-electron chi connectivity index (χ0n) is 13.9. The summed E-state index contributed by atoms with van der Waals surface area (Å²) in [5.41, 5.74) is 2.12. The van der Waals surface area contributed by atoms with E-state index in [2.05, 4.69) is 4.98 Å². The molecular weight excluding hydrogens is 350 g/mol. The van der Waals surface area contributed by atoms with Gasteiger partial charge in [0.05, 0.1) is 10.6 Å². The Morgan fingerprint density at radius 1 is 1.15 bits per heavy atom. The molecule has 1 aliphatic carbocycles. The Balaban J connectivity index is 1.49. The van der Waals surface area contributed by atoms with Gasteiger partial charge in [-0.15, -0.1) is 0 Å². The fourth-order valence-electron chi connectivity index (χ4n) is 3.44. The second-order valence-electron chi connectivity index (χ2n) is 6.70. The van der Waals surface area contributed by atoms with Crippen LogP contribution in [-0.4, -0.2) is 21.8 Å². The molecule has 1 fully saturated rings. The number of carbonyl (C=O) groups excluding carboxylic acids is 1. The lowest BCUT2D eigenvalue weighted by Crippen LogP contribution is -2.06. The molecule has 2 atom stereocenters. The number of fused-ring (bicyclic) bond motifs is 1. The van der Waals surface area contributed by atoms with Gasteiger partial charge in [-0.1, -0.05) is 35.9 Å². The van der Waals surface area contributed by atoms with Gasteiger partial charge in [-0.05, 0) is 41.7 Å². The van der Waals surface area contributed by atoms with Crippen LogP contribution in [0.15, 0.2) is 54.9 Å². The van der Waals surface area contributed by atoms with Crippen molar-refractivity contribution < 1.29 is 14.7 Å². The number of hydrogen-bond donors (Lipinski definition) is 1. The van der Waals surface area contributed by atoms with Crippen LogP contribution in [0.4, 0.5) is 0 Å². The third-order valence-corrected chi connectivity index (χ3v) is 5.22. The monoisotopic (exact) mass is 365 g/mol. The molecule has 4 rings (SSSR count). The third-order valence-electron chi connectivity index (χ3n) is 4.92. The van der Waals surface area contributed by atoms with Crippen LogP contribution in [0.5, 0.6) is 0 Å². The zero-order chi connectivity index (χ0) is 18.3. The maximum atomic E-state index is 12.6. The van der Waals surface area contributed by atoms with E-state index in [1.165, 1.54) is 0 Å². The van der Waals surface area contributed by atoms with Crippen LogP contribution in [0.3, 0.4) is 0 Å². The Bertz CT molecular complexity index is 1030. The highest BCUT2D eigenvalue weighted by molar-refractivity contribution is 6.35. The molecule has 1 saturated carbocycles. The number of hydrogen-bond acceptors (Lipinski definition) is 3. The molecule has 130 valence electrons. The lowest BCUT2D eigenvalue weighted by molar-refractivity contribution is -0.119. The number of carbonyl (C=O) groups is 2. The predicted octanol–water partition coefficient (Wildman–Crippen LogP) is 4.50. The Morgan fingerprint density at radius 3 is 2.81 bits per heavy atom. The fourth-order valence-corrected chi connectivity index (χ4v) is 3.66. The summed E-state index contributed by atoms with van der Waals surface area (Å²) in [5.74, 6) is -0.684. The molecule has 0 spiro atoms. The summed E-state index contributed by atoms with van der Waals surface area (Å²) in [5, 5.41) is 11.5. The van der Waals surface area contributed by atoms with E-state index in [0.717, 1.165) is 28.3 Å². The van der Waals surface area contributed by atoms with Crippen molar-refractivity contribution in [3.8, 4) is 0 Å². The number of pyridine rings is 1. The van der Waals surface area contributed by atoms with Gasteiger partial charge in [0.25, 0.3) is 0 Å². The predicted molar refractivity (Wildman–Crippen MR) is 99.7 cm³/mol. The normalized spacial score (nSPS) is 18.7. The first-order valence-electron chi connectivity index (χ1n) is 8.41. The standard InChI is InChI=1S/C21H16ClNO3/c22-19-11-23-10-15-5-4-12(6-17(15)19)7-20(24)18-9-16(18)13-2-1-3-14(8-13)21(25)26/h1-6,8,10-11,16,18H,7,9H2,(H,25,26)/t16-,18+/m0/s1. The number of benzene rings is 2. The number of aromatic carboxylic acids is 1. The summed E-state index contributed by atoms with van der Waals surface area (Å²) in [4.78, 5) is 27.8. The van der Waals surface area contributed by atoms with E-state index >= 15 is 0 Å². The Morgan fingerprint density at radius 2 is 2.00 bits per heavy atom. The molecule has 1 aliphatic rings. The van der Waals surface area contributed by atoms with Gasteiger partial charge in [-0.25, -0.2) is 4.79 Å². The van der Waals surface area contributed by atoms with E-state index < -0.39 is 5.97 Å². The number of carboxylic acid groups (broad SMARTS) is 1. The van der Waals surface area contributed by atoms with Crippen LogP contribution in [0.25, 0.3) is 10.8 Å². The molecule has 3 aromatic rings. The number of ketones is 1. The second-order valence-corrected chi connectivity index (χ2v) is 7.11. The SMILES string of the molecule is O=C(O)c1cccc([C@@H]2C[C@H]2C(=O)Cc2ccc3cncc(Cl)c3c2)c1. The lowest BCUT2D eigenvalue weighted by atomic mass is 10.00. The molecule has 1 heterocycles. The molecule has 0 bridgehead atoms. The topological polar surface area (TPSA) is 67.3 Å². The minimum absolute atomic E-state index is 0.0392. The number of aromatic nitrogens is 1. The largest absolute Gasteiger partial charge is 0.478 e. The van der Waals surface area contributed by atoms with E-state index in [9.17, 15) is 9.59 Å². The summed E-state index contributed by atoms with van der Waals surface area (Å²) in [6.07, 6.45) is 4.48. The molecule has 0 aliphatic heterocycles. The fraction of sp³-hybridized carbons (Fsp3) is 0.190. The number of carboxylic acids is 1. The first-order chi connectivity index (χ1) is 12.5. The Labute approximate surface area is 155 Å². The third kappa shape index (κ3) is 3.20. The van der Waals surface area contributed by atoms with Gasteiger partial charge in [-0.3, -0.25) is 9.78 Å². The van der Waals surface area contributed by atoms with Crippen molar-refractivity contribution in [3.05, 3.63) is 76.6 Å². The van der Waals surface area contributed by atoms with Crippen molar-refractivity contribution in [2.45, 2.75) is 18.8 Å². The highest BCUT2D eigenvalue weighted by Crippen LogP contribution is 2.48. The van der Waals surface area contributed by atoms with E-state index in [4.69, 9.17) is 16.7 Å². The highest BCUT2D eigenvalue weighted by atomic mass is 35.5. The number of nitrogens with zero attached hydrogens (tertiary/aromatic N) is 1. The van der Waals surface area contributed by atoms with E-state index in [1.54, 1.807) is 30.6 Å². The summed E-state index contributed by atoms with van der Waals surface area (Å²) >= 11 is 6.19. The molecule has 0 amide bonds. The van der Waals surface area contributed by atoms with Gasteiger partial charge in [0.15, 0.2) is 0 Å². The van der Waals surface area contributed by atoms with Gasteiger partial charge in [0.1, 0.15) is 5.78 Å². The van der Waals surface area contributed by atoms with Crippen molar-refractivity contribution in [1.29, 1.82) is 0 Å². The minimum Gasteiger partial charge on any atom is -0.478 e. The summed E-state index contributed by atoms with van der Waals surface area (Å²) in [6.45, 7) is 0. The molecule has 5 heteroatoms. The second kappa shape index (κ2) is 6.54. The molecule has 2 aromatic carbocycles. The minimum atomic E-state index is -0.946. The Hall–Kier alpha value is -2.72. The average molecular weight is 366 g/mol. The number of rotatable bonds is 5. The highest BCUT2D eigenvalue weighted by Gasteiger charge is 2.43. The molecule has 0 unspecified atom stereocenters. The van der Waals surface area contributed by atoms with E-state index in [-0.39, 0.29) is 23.2 Å². The Kier molecular flexibility index (Phi) is 4.21. The number of Topliss-reactive ketones (excluding diaryl/α,β-unsaturated/α-hetero) is 1. The van der Waals surface area contributed by atoms with Crippen LogP contribution in [0.1, 0.15) is 33.8 Å². The maximum absolute atomic E-state index is 12.6. The van der Waals surface area contributed by atoms with Gasteiger partial charge >= 0.3 is 5.97 Å². The van der Waals surface area contributed by atoms with Crippen molar-refractivity contribution in [2.75, 3.05) is 0 Å². The molecular formula is C21H16ClNO3. The van der Waals surface area contributed by atoms with E-state index in [1.807, 2.05) is 24.3 Å². The van der Waals surface area contributed by atoms with Gasteiger partial charge < -0.3 is 5.11 Å². The molecule has 1 N–H and O–H groups in total. The molecule has 0 radical (unpaired) electrons. The summed E-state index contributed by atoms with van der Waals surface area (Å²) in [7, 11) is 0. The molecule has 4 nitrogen and oxygen atoms in total. The lowest BCUT2D eigenvalue weighted by Gasteiger charge is -2.05. The molecule has 26 heavy (non-hydrogen) atoms. The first kappa shape index (κ1) is 16.7. The van der Waals surface area contributed by atoms with Crippen molar-refractivity contribution in [1.82, 2.24) is 4.98 Å². The van der Waals surface area contributed by atoms with Crippen LogP contribution >= 0.6 is 11.6 Å². The average Bonchev–Trinajstić information content (AvgIpc) is 3.43. The smallest absolute Gasteiger partial charge is 0.335 e. The van der Waals surface area contributed by atoms with Crippen LogP contribution in [0, 0.1) is 5.92 Å². The first-order valence-corrected chi connectivity index (χ1v) is 8.79. The van der Waals surface area contributed by atoms with Crippen LogP contribution in [0.2, 0.25) is 5.02 Å². The van der Waals surface area contributed by atoms with E-state index in [0.29, 0.717) is 11.4 Å².